The molecule has 126 valence electrons. The molecule has 0 amide bonds. The zero-order chi connectivity index (χ0) is 17.3. The third-order valence-corrected chi connectivity index (χ3v) is 4.58. The molecule has 2 rings (SSSR count). The number of rotatable bonds is 3. The summed E-state index contributed by atoms with van der Waals surface area (Å²) >= 11 is 5.55. The molecule has 0 aliphatic carbocycles. The van der Waals surface area contributed by atoms with Gasteiger partial charge in [0.2, 0.25) is 0 Å². The summed E-state index contributed by atoms with van der Waals surface area (Å²) in [5.74, 6) is -0.332. The lowest BCUT2D eigenvalue weighted by Gasteiger charge is -2.43. The molecule has 1 saturated heterocycles. The normalized spacial score (nSPS) is 19.9. The summed E-state index contributed by atoms with van der Waals surface area (Å²) < 4.78 is 4.71. The van der Waals surface area contributed by atoms with Crippen LogP contribution in [0.1, 0.15) is 56.5 Å². The Morgan fingerprint density at radius 3 is 2.09 bits per heavy atom. The van der Waals surface area contributed by atoms with Gasteiger partial charge in [0.1, 0.15) is 4.99 Å². The number of hydrogen-bond acceptors (Lipinski definition) is 3. The van der Waals surface area contributed by atoms with E-state index in [0.717, 1.165) is 23.4 Å². The molecule has 0 spiro atoms. The predicted octanol–water partition coefficient (Wildman–Crippen LogP) is 2.02. The second-order valence-electron chi connectivity index (χ2n) is 7.77. The summed E-state index contributed by atoms with van der Waals surface area (Å²) in [5.41, 5.74) is 1.86. The molecule has 0 bridgehead atoms. The fraction of sp³-hybridized carbons (Fsp3) is 0.556. The number of methoxy groups -OCH3 is 1. The van der Waals surface area contributed by atoms with Gasteiger partial charge in [0.15, 0.2) is 0 Å². The van der Waals surface area contributed by atoms with Crippen molar-refractivity contribution in [3.05, 3.63) is 35.4 Å². The summed E-state index contributed by atoms with van der Waals surface area (Å²) in [6.07, 6.45) is 2.13. The summed E-state index contributed by atoms with van der Waals surface area (Å²) in [5, 5.41) is 5.96. The number of nitrogens with one attached hydrogen (secondary N) is 1. The van der Waals surface area contributed by atoms with E-state index in [-0.39, 0.29) is 17.0 Å². The number of piperidine rings is 1. The van der Waals surface area contributed by atoms with Gasteiger partial charge in [0.05, 0.1) is 23.8 Å². The zero-order valence-corrected chi connectivity index (χ0v) is 15.4. The standard InChI is InChI=1S/C18H26N2O2S/c1-17(2)10-14(11-18(3,4)20-17)19-15(23)12-6-8-13(9-7-12)16(21)22-5/h6-9,14,20H,10-11H2,1-5H3,(H,19,23)/p+1. The third kappa shape index (κ3) is 4.75. The Morgan fingerprint density at radius 1 is 1.13 bits per heavy atom. The van der Waals surface area contributed by atoms with Gasteiger partial charge in [-0.05, 0) is 39.8 Å². The van der Waals surface area contributed by atoms with Gasteiger partial charge in [-0.3, -0.25) is 0 Å². The first kappa shape index (κ1) is 17.9. The lowest BCUT2D eigenvalue weighted by Crippen LogP contribution is -3.06. The molecular weight excluding hydrogens is 308 g/mol. The van der Waals surface area contributed by atoms with Crippen LogP contribution >= 0.6 is 12.2 Å². The molecule has 0 saturated carbocycles. The second kappa shape index (κ2) is 6.57. The minimum Gasteiger partial charge on any atom is -0.465 e. The van der Waals surface area contributed by atoms with Gasteiger partial charge in [-0.25, -0.2) is 4.79 Å². The summed E-state index contributed by atoms with van der Waals surface area (Å²) in [6, 6.07) is 7.59. The Balaban J connectivity index is 2.05. The van der Waals surface area contributed by atoms with Crippen LogP contribution in [0.2, 0.25) is 0 Å². The highest BCUT2D eigenvalue weighted by Gasteiger charge is 2.41. The van der Waals surface area contributed by atoms with Gasteiger partial charge < -0.3 is 15.4 Å². The van der Waals surface area contributed by atoms with Crippen molar-refractivity contribution in [2.24, 2.45) is 0 Å². The second-order valence-corrected chi connectivity index (χ2v) is 8.18. The number of carbonyl (C=O) groups excluding carboxylic acids is 1. The number of ether oxygens (including phenoxy) is 1. The Bertz CT molecular complexity index is 578. The highest BCUT2D eigenvalue weighted by Crippen LogP contribution is 2.22. The molecule has 23 heavy (non-hydrogen) atoms. The predicted molar refractivity (Wildman–Crippen MR) is 95.7 cm³/mol. The molecule has 1 aromatic rings. The van der Waals surface area contributed by atoms with E-state index in [2.05, 4.69) is 38.3 Å². The van der Waals surface area contributed by atoms with Crippen molar-refractivity contribution in [2.75, 3.05) is 7.11 Å². The lowest BCUT2D eigenvalue weighted by molar-refractivity contribution is -0.787. The molecule has 1 fully saturated rings. The van der Waals surface area contributed by atoms with E-state index in [1.807, 2.05) is 12.1 Å². The number of thiocarbonyl (C=S) groups is 1. The van der Waals surface area contributed by atoms with E-state index in [1.54, 1.807) is 12.1 Å². The number of hydrogen-bond donors (Lipinski definition) is 2. The molecule has 0 radical (unpaired) electrons. The number of carbonyl (C=O) groups is 1. The van der Waals surface area contributed by atoms with Crippen LogP contribution in [0.25, 0.3) is 0 Å². The summed E-state index contributed by atoms with van der Waals surface area (Å²) in [4.78, 5) is 12.2. The summed E-state index contributed by atoms with van der Waals surface area (Å²) in [6.45, 7) is 9.10. The zero-order valence-electron chi connectivity index (χ0n) is 14.6. The van der Waals surface area contributed by atoms with E-state index >= 15 is 0 Å². The molecule has 0 aromatic heterocycles. The molecule has 1 aliphatic rings. The average molecular weight is 335 g/mol. The van der Waals surface area contributed by atoms with Gasteiger partial charge in [-0.2, -0.15) is 0 Å². The number of quaternary nitrogens is 1. The average Bonchev–Trinajstić information content (AvgIpc) is 2.43. The molecule has 1 aliphatic heterocycles. The van der Waals surface area contributed by atoms with Crippen molar-refractivity contribution >= 4 is 23.2 Å². The van der Waals surface area contributed by atoms with Gasteiger partial charge in [0, 0.05) is 24.4 Å². The SMILES string of the molecule is COC(=O)c1ccc(C(=S)NC2CC(C)(C)[NH2+]C(C)(C)C2)cc1. The van der Waals surface area contributed by atoms with Crippen molar-refractivity contribution in [3.8, 4) is 0 Å². The first-order valence-electron chi connectivity index (χ1n) is 7.98. The Morgan fingerprint density at radius 2 is 1.61 bits per heavy atom. The Hall–Kier alpha value is -1.46. The van der Waals surface area contributed by atoms with Gasteiger partial charge in [-0.15, -0.1) is 0 Å². The Labute approximate surface area is 144 Å². The summed E-state index contributed by atoms with van der Waals surface area (Å²) in [7, 11) is 1.38. The fourth-order valence-corrected chi connectivity index (χ4v) is 4.07. The van der Waals surface area contributed by atoms with Crippen LogP contribution < -0.4 is 10.6 Å². The van der Waals surface area contributed by atoms with Crippen LogP contribution in [0.15, 0.2) is 24.3 Å². The van der Waals surface area contributed by atoms with E-state index in [9.17, 15) is 4.79 Å². The van der Waals surface area contributed by atoms with Crippen molar-refractivity contribution in [2.45, 2.75) is 57.7 Å². The lowest BCUT2D eigenvalue weighted by atomic mass is 9.79. The van der Waals surface area contributed by atoms with Crippen LogP contribution in [0.4, 0.5) is 0 Å². The van der Waals surface area contributed by atoms with Crippen molar-refractivity contribution in [1.29, 1.82) is 0 Å². The molecule has 1 heterocycles. The molecule has 0 atom stereocenters. The quantitative estimate of drug-likeness (QED) is 0.655. The van der Waals surface area contributed by atoms with Crippen LogP contribution in [-0.2, 0) is 4.74 Å². The monoisotopic (exact) mass is 335 g/mol. The molecular formula is C18H27N2O2S+. The van der Waals surface area contributed by atoms with E-state index in [1.165, 1.54) is 7.11 Å². The van der Waals surface area contributed by atoms with Gasteiger partial charge in [-0.1, -0.05) is 24.4 Å². The molecule has 5 heteroatoms. The van der Waals surface area contributed by atoms with Crippen molar-refractivity contribution in [1.82, 2.24) is 5.32 Å². The molecule has 4 nitrogen and oxygen atoms in total. The molecule has 0 unspecified atom stereocenters. The number of esters is 1. The minimum atomic E-state index is -0.332. The van der Waals surface area contributed by atoms with Crippen LogP contribution in [0, 0.1) is 0 Å². The van der Waals surface area contributed by atoms with Crippen LogP contribution in [-0.4, -0.2) is 35.2 Å². The fourth-order valence-electron chi connectivity index (χ4n) is 3.76. The van der Waals surface area contributed by atoms with Crippen molar-refractivity contribution in [3.63, 3.8) is 0 Å². The molecule has 3 N–H and O–H groups in total. The van der Waals surface area contributed by atoms with E-state index < -0.39 is 0 Å². The highest BCUT2D eigenvalue weighted by molar-refractivity contribution is 7.80. The maximum atomic E-state index is 11.5. The maximum Gasteiger partial charge on any atom is 0.337 e. The van der Waals surface area contributed by atoms with E-state index in [4.69, 9.17) is 17.0 Å². The molecule has 1 aromatic carbocycles. The minimum absolute atomic E-state index is 0.198. The first-order chi connectivity index (χ1) is 10.6. The third-order valence-electron chi connectivity index (χ3n) is 4.23. The van der Waals surface area contributed by atoms with Crippen molar-refractivity contribution < 1.29 is 14.8 Å². The largest absolute Gasteiger partial charge is 0.465 e. The first-order valence-corrected chi connectivity index (χ1v) is 8.39. The van der Waals surface area contributed by atoms with Crippen LogP contribution in [0.3, 0.4) is 0 Å². The number of benzene rings is 1. The maximum absolute atomic E-state index is 11.5. The van der Waals surface area contributed by atoms with E-state index in [0.29, 0.717) is 11.6 Å². The van der Waals surface area contributed by atoms with Crippen LogP contribution in [0.5, 0.6) is 0 Å². The van der Waals surface area contributed by atoms with Gasteiger partial charge >= 0.3 is 5.97 Å². The smallest absolute Gasteiger partial charge is 0.337 e. The topological polar surface area (TPSA) is 54.9 Å². The number of nitrogens with two attached hydrogens (primary N) is 1. The highest BCUT2D eigenvalue weighted by atomic mass is 32.1. The van der Waals surface area contributed by atoms with Gasteiger partial charge in [0.25, 0.3) is 0 Å². The Kier molecular flexibility index (Phi) is 5.11.